The van der Waals surface area contributed by atoms with Gasteiger partial charge in [-0.25, -0.2) is 0 Å². The zero-order valence-corrected chi connectivity index (χ0v) is 11.8. The quantitative estimate of drug-likeness (QED) is 0.569. The molecule has 110 valence electrons. The van der Waals surface area contributed by atoms with Gasteiger partial charge in [-0.1, -0.05) is 17.4 Å². The Morgan fingerprint density at radius 2 is 2.24 bits per heavy atom. The van der Waals surface area contributed by atoms with E-state index in [0.717, 1.165) is 11.3 Å². The Balaban J connectivity index is 2.20. The summed E-state index contributed by atoms with van der Waals surface area (Å²) in [5.41, 5.74) is 0.729. The molecule has 3 N–H and O–H groups in total. The summed E-state index contributed by atoms with van der Waals surface area (Å²) >= 11 is 1.00. The smallest absolute Gasteiger partial charge is 0.304 e. The maximum Gasteiger partial charge on any atom is 0.304 e. The topological polar surface area (TPSA) is 117 Å². The number of nitro groups is 1. The van der Waals surface area contributed by atoms with E-state index in [0.29, 0.717) is 5.69 Å². The van der Waals surface area contributed by atoms with Crippen LogP contribution in [0, 0.1) is 10.1 Å². The summed E-state index contributed by atoms with van der Waals surface area (Å²) in [4.78, 5) is 35.8. The molecule has 2 rings (SSSR count). The first-order valence-electron chi connectivity index (χ1n) is 5.93. The van der Waals surface area contributed by atoms with Crippen molar-refractivity contribution < 1.29 is 9.72 Å². The van der Waals surface area contributed by atoms with E-state index >= 15 is 0 Å². The van der Waals surface area contributed by atoms with Gasteiger partial charge in [-0.15, -0.1) is 0 Å². The number of rotatable bonds is 5. The Bertz CT molecular complexity index is 737. The number of carbonyl (C=O) groups is 1. The summed E-state index contributed by atoms with van der Waals surface area (Å²) in [6.45, 7) is 0.142. The van der Waals surface area contributed by atoms with Gasteiger partial charge in [0.15, 0.2) is 0 Å². The molecule has 0 atom stereocenters. The van der Waals surface area contributed by atoms with Gasteiger partial charge in [-0.05, 0) is 6.07 Å². The second-order valence-corrected chi connectivity index (χ2v) is 4.91. The van der Waals surface area contributed by atoms with Crippen LogP contribution in [0.5, 0.6) is 0 Å². The number of hydrogen-bond acceptors (Lipinski definition) is 6. The molecular weight excluding hydrogens is 296 g/mol. The molecule has 21 heavy (non-hydrogen) atoms. The summed E-state index contributed by atoms with van der Waals surface area (Å²) in [7, 11) is 1.51. The molecule has 0 aliphatic rings. The number of H-pyrrole nitrogens is 1. The predicted octanol–water partition coefficient (Wildman–Crippen LogP) is 1.32. The van der Waals surface area contributed by atoms with Gasteiger partial charge in [0.05, 0.1) is 17.0 Å². The van der Waals surface area contributed by atoms with Crippen molar-refractivity contribution in [1.29, 1.82) is 0 Å². The number of anilines is 1. The van der Waals surface area contributed by atoms with E-state index in [-0.39, 0.29) is 28.4 Å². The number of nitro benzene ring substituents is 1. The van der Waals surface area contributed by atoms with Gasteiger partial charge in [0.25, 0.3) is 11.6 Å². The molecule has 1 aromatic heterocycles. The van der Waals surface area contributed by atoms with Crippen LogP contribution in [0.2, 0.25) is 0 Å². The van der Waals surface area contributed by atoms with Crippen LogP contribution in [0.1, 0.15) is 16.1 Å². The fraction of sp³-hybridized carbons (Fsp3) is 0.167. The van der Waals surface area contributed by atoms with E-state index in [1.54, 1.807) is 5.38 Å². The first-order valence-corrected chi connectivity index (χ1v) is 6.81. The zero-order valence-electron chi connectivity index (χ0n) is 11.0. The molecule has 9 heteroatoms. The SMILES string of the molecule is CNc1c(C(=O)NCc2csc(=O)[nH]2)cccc1[N+](=O)[O-]. The molecule has 0 saturated heterocycles. The molecule has 1 aromatic carbocycles. The minimum atomic E-state index is -0.557. The highest BCUT2D eigenvalue weighted by Gasteiger charge is 2.20. The number of amides is 1. The molecule has 0 saturated carbocycles. The Hall–Kier alpha value is -2.68. The van der Waals surface area contributed by atoms with E-state index < -0.39 is 10.8 Å². The van der Waals surface area contributed by atoms with Gasteiger partial charge in [0, 0.05) is 24.2 Å². The van der Waals surface area contributed by atoms with Crippen molar-refractivity contribution in [2.75, 3.05) is 12.4 Å². The number of aromatic amines is 1. The molecule has 0 spiro atoms. The zero-order chi connectivity index (χ0) is 15.4. The van der Waals surface area contributed by atoms with Gasteiger partial charge < -0.3 is 15.6 Å². The van der Waals surface area contributed by atoms with Gasteiger partial charge in [0.2, 0.25) is 0 Å². The van der Waals surface area contributed by atoms with Crippen molar-refractivity contribution in [3.8, 4) is 0 Å². The fourth-order valence-corrected chi connectivity index (χ4v) is 2.40. The van der Waals surface area contributed by atoms with E-state index in [4.69, 9.17) is 0 Å². The maximum absolute atomic E-state index is 12.1. The second-order valence-electron chi connectivity index (χ2n) is 4.06. The average Bonchev–Trinajstić information content (AvgIpc) is 2.89. The number of aromatic nitrogens is 1. The van der Waals surface area contributed by atoms with Crippen molar-refractivity contribution in [2.24, 2.45) is 0 Å². The van der Waals surface area contributed by atoms with Gasteiger partial charge >= 0.3 is 4.87 Å². The Kier molecular flexibility index (Phi) is 4.33. The molecular formula is C12H12N4O4S. The van der Waals surface area contributed by atoms with E-state index in [1.165, 1.54) is 25.2 Å². The van der Waals surface area contributed by atoms with Crippen molar-refractivity contribution in [3.63, 3.8) is 0 Å². The molecule has 0 unspecified atom stereocenters. The van der Waals surface area contributed by atoms with E-state index in [2.05, 4.69) is 15.6 Å². The summed E-state index contributed by atoms with van der Waals surface area (Å²) in [6, 6.07) is 4.25. The average molecular weight is 308 g/mol. The first-order chi connectivity index (χ1) is 10.0. The molecule has 0 aliphatic heterocycles. The van der Waals surface area contributed by atoms with Crippen LogP contribution < -0.4 is 15.5 Å². The van der Waals surface area contributed by atoms with Crippen molar-refractivity contribution in [2.45, 2.75) is 6.54 Å². The highest BCUT2D eigenvalue weighted by atomic mass is 32.1. The lowest BCUT2D eigenvalue weighted by molar-refractivity contribution is -0.384. The van der Waals surface area contributed by atoms with Crippen molar-refractivity contribution >= 4 is 28.6 Å². The summed E-state index contributed by atoms with van der Waals surface area (Å²) < 4.78 is 0. The molecule has 0 radical (unpaired) electrons. The van der Waals surface area contributed by atoms with Crippen LogP contribution in [0.25, 0.3) is 0 Å². The third kappa shape index (κ3) is 3.26. The molecule has 8 nitrogen and oxygen atoms in total. The monoisotopic (exact) mass is 308 g/mol. The minimum absolute atomic E-state index is 0.142. The summed E-state index contributed by atoms with van der Waals surface area (Å²) in [5, 5.41) is 17.8. The molecule has 2 aromatic rings. The molecule has 1 heterocycles. The van der Waals surface area contributed by atoms with Gasteiger partial charge in [-0.2, -0.15) is 0 Å². The van der Waals surface area contributed by atoms with Gasteiger partial charge in [-0.3, -0.25) is 19.7 Å². The van der Waals surface area contributed by atoms with Crippen LogP contribution in [-0.4, -0.2) is 22.9 Å². The summed E-state index contributed by atoms with van der Waals surface area (Å²) in [5.74, 6) is -0.463. The second kappa shape index (κ2) is 6.18. The third-order valence-corrected chi connectivity index (χ3v) is 3.46. The number of benzene rings is 1. The van der Waals surface area contributed by atoms with Crippen LogP contribution in [-0.2, 0) is 6.54 Å². The minimum Gasteiger partial charge on any atom is -0.382 e. The first kappa shape index (κ1) is 14.7. The lowest BCUT2D eigenvalue weighted by Gasteiger charge is -2.09. The number of thiazole rings is 1. The van der Waals surface area contributed by atoms with Gasteiger partial charge in [0.1, 0.15) is 5.69 Å². The highest BCUT2D eigenvalue weighted by molar-refractivity contribution is 7.07. The molecule has 0 aliphatic carbocycles. The number of nitrogens with one attached hydrogen (secondary N) is 3. The number of para-hydroxylation sites is 1. The molecule has 1 amide bonds. The standard InChI is InChI=1S/C12H12N4O4S/c1-13-10-8(3-2-4-9(10)16(19)20)11(17)14-5-7-6-21-12(18)15-7/h2-4,6,13H,5H2,1H3,(H,14,17)(H,15,18). The van der Waals surface area contributed by atoms with Crippen LogP contribution in [0.15, 0.2) is 28.4 Å². The van der Waals surface area contributed by atoms with Crippen LogP contribution in [0.3, 0.4) is 0 Å². The predicted molar refractivity (Wildman–Crippen MR) is 78.8 cm³/mol. The van der Waals surface area contributed by atoms with E-state index in [1.807, 2.05) is 0 Å². The highest BCUT2D eigenvalue weighted by Crippen LogP contribution is 2.27. The van der Waals surface area contributed by atoms with Crippen molar-refractivity contribution in [1.82, 2.24) is 10.3 Å². The Labute approximate surface area is 123 Å². The number of hydrogen-bond donors (Lipinski definition) is 3. The summed E-state index contributed by atoms with van der Waals surface area (Å²) in [6.07, 6.45) is 0. The van der Waals surface area contributed by atoms with Crippen molar-refractivity contribution in [3.05, 3.63) is 54.6 Å². The third-order valence-electron chi connectivity index (χ3n) is 2.74. The Morgan fingerprint density at radius 3 is 2.81 bits per heavy atom. The fourth-order valence-electron chi connectivity index (χ4n) is 1.82. The number of nitrogens with zero attached hydrogens (tertiary/aromatic N) is 1. The maximum atomic E-state index is 12.1. The Morgan fingerprint density at radius 1 is 1.48 bits per heavy atom. The normalized spacial score (nSPS) is 10.1. The lowest BCUT2D eigenvalue weighted by Crippen LogP contribution is -2.24. The molecule has 0 bridgehead atoms. The molecule has 0 fully saturated rings. The van der Waals surface area contributed by atoms with Crippen LogP contribution >= 0.6 is 11.3 Å². The lowest BCUT2D eigenvalue weighted by atomic mass is 10.1. The van der Waals surface area contributed by atoms with E-state index in [9.17, 15) is 19.7 Å². The largest absolute Gasteiger partial charge is 0.382 e. The van der Waals surface area contributed by atoms with Crippen LogP contribution in [0.4, 0.5) is 11.4 Å². The number of carbonyl (C=O) groups excluding carboxylic acids is 1.